The second kappa shape index (κ2) is 17.2. The van der Waals surface area contributed by atoms with E-state index in [1.54, 1.807) is 6.26 Å². The lowest BCUT2D eigenvalue weighted by atomic mass is 10.1. The van der Waals surface area contributed by atoms with Gasteiger partial charge in [0, 0.05) is 6.42 Å². The van der Waals surface area contributed by atoms with Crippen molar-refractivity contribution in [2.45, 2.75) is 71.1 Å². The van der Waals surface area contributed by atoms with E-state index in [1.807, 2.05) is 0 Å². The number of carbonyl (C=O) groups is 1. The van der Waals surface area contributed by atoms with Crippen LogP contribution in [0.5, 0.6) is 0 Å². The Balaban J connectivity index is 3.02. The van der Waals surface area contributed by atoms with Crippen molar-refractivity contribution in [1.82, 2.24) is 0 Å². The lowest BCUT2D eigenvalue weighted by Crippen LogP contribution is -1.97. The first kappa shape index (κ1) is 18.2. The van der Waals surface area contributed by atoms with Crippen molar-refractivity contribution >= 4 is 6.29 Å². The minimum atomic E-state index is 0.368. The fraction of sp³-hybridized carbons (Fsp3) is 0.812. The predicted octanol–water partition coefficient (Wildman–Crippen LogP) is 4.61. The number of carbonyl (C=O) groups excluding carboxylic acids is 1. The topological polar surface area (TPSA) is 35.5 Å². The van der Waals surface area contributed by atoms with Gasteiger partial charge in [-0.2, -0.15) is 0 Å². The summed E-state index contributed by atoms with van der Waals surface area (Å²) in [7, 11) is 0. The molecule has 0 atom stereocenters. The van der Waals surface area contributed by atoms with Gasteiger partial charge >= 0.3 is 0 Å². The molecule has 0 amide bonds. The van der Waals surface area contributed by atoms with E-state index in [2.05, 4.69) is 13.0 Å². The molecule has 19 heavy (non-hydrogen) atoms. The maximum Gasteiger partial charge on any atom is 0.188 e. The zero-order valence-corrected chi connectivity index (χ0v) is 12.4. The zero-order chi connectivity index (χ0) is 14.0. The maximum absolute atomic E-state index is 10.1. The normalized spacial score (nSPS) is 11.0. The number of allylic oxidation sites excluding steroid dienone is 1. The van der Waals surface area contributed by atoms with E-state index in [-0.39, 0.29) is 0 Å². The van der Waals surface area contributed by atoms with Gasteiger partial charge in [-0.1, -0.05) is 39.0 Å². The second-order valence-electron chi connectivity index (χ2n) is 4.78. The van der Waals surface area contributed by atoms with Gasteiger partial charge in [-0.15, -0.1) is 0 Å². The average molecular weight is 270 g/mol. The van der Waals surface area contributed by atoms with Crippen LogP contribution in [0.3, 0.4) is 0 Å². The Hall–Kier alpha value is -0.830. The fourth-order valence-corrected chi connectivity index (χ4v) is 1.73. The van der Waals surface area contributed by atoms with E-state index in [0.29, 0.717) is 6.79 Å². The largest absolute Gasteiger partial charge is 0.475 e. The SMILES string of the molecule is CCCCOCOC=CCCCCCCCCC=O. The highest BCUT2D eigenvalue weighted by molar-refractivity contribution is 5.48. The fourth-order valence-electron chi connectivity index (χ4n) is 1.73. The number of hydrogen-bond donors (Lipinski definition) is 0. The van der Waals surface area contributed by atoms with Crippen molar-refractivity contribution in [3.63, 3.8) is 0 Å². The first-order valence-corrected chi connectivity index (χ1v) is 7.69. The summed E-state index contributed by atoms with van der Waals surface area (Å²) in [6.07, 6.45) is 16.1. The Morgan fingerprint density at radius 1 is 0.895 bits per heavy atom. The third-order valence-electron chi connectivity index (χ3n) is 2.93. The molecule has 0 aliphatic heterocycles. The molecule has 0 rings (SSSR count). The molecule has 112 valence electrons. The lowest BCUT2D eigenvalue weighted by molar-refractivity contribution is -0.107. The van der Waals surface area contributed by atoms with Crippen molar-refractivity contribution in [3.8, 4) is 0 Å². The van der Waals surface area contributed by atoms with Gasteiger partial charge in [-0.3, -0.25) is 0 Å². The molecule has 0 radical (unpaired) electrons. The summed E-state index contributed by atoms with van der Waals surface area (Å²) in [5, 5.41) is 0. The summed E-state index contributed by atoms with van der Waals surface area (Å²) in [5.41, 5.74) is 0. The Labute approximate surface area is 118 Å². The third-order valence-corrected chi connectivity index (χ3v) is 2.93. The lowest BCUT2D eigenvalue weighted by Gasteiger charge is -2.02. The van der Waals surface area contributed by atoms with E-state index in [1.165, 1.54) is 32.1 Å². The van der Waals surface area contributed by atoms with Crippen LogP contribution < -0.4 is 0 Å². The predicted molar refractivity (Wildman–Crippen MR) is 79.0 cm³/mol. The summed E-state index contributed by atoms with van der Waals surface area (Å²) in [6.45, 7) is 3.30. The van der Waals surface area contributed by atoms with Crippen LogP contribution in [0.25, 0.3) is 0 Å². The second-order valence-corrected chi connectivity index (χ2v) is 4.78. The summed E-state index contributed by atoms with van der Waals surface area (Å²) < 4.78 is 10.5. The van der Waals surface area contributed by atoms with E-state index < -0.39 is 0 Å². The minimum absolute atomic E-state index is 0.368. The summed E-state index contributed by atoms with van der Waals surface area (Å²) in [6, 6.07) is 0. The molecule has 0 N–H and O–H groups in total. The van der Waals surface area contributed by atoms with E-state index >= 15 is 0 Å². The molecule has 0 saturated heterocycles. The smallest absolute Gasteiger partial charge is 0.188 e. The molecule has 3 heteroatoms. The van der Waals surface area contributed by atoms with Crippen molar-refractivity contribution in [2.24, 2.45) is 0 Å². The van der Waals surface area contributed by atoms with Crippen molar-refractivity contribution < 1.29 is 14.3 Å². The highest BCUT2D eigenvalue weighted by atomic mass is 16.7. The maximum atomic E-state index is 10.1. The molecule has 0 aromatic rings. The molecule has 0 aliphatic carbocycles. The van der Waals surface area contributed by atoms with Crippen LogP contribution in [0, 0.1) is 0 Å². The van der Waals surface area contributed by atoms with Crippen LogP contribution in [-0.2, 0) is 14.3 Å². The number of ether oxygens (including phenoxy) is 2. The van der Waals surface area contributed by atoms with Crippen LogP contribution in [0.4, 0.5) is 0 Å². The van der Waals surface area contributed by atoms with Crippen LogP contribution in [0.15, 0.2) is 12.3 Å². The van der Waals surface area contributed by atoms with Gasteiger partial charge in [-0.05, 0) is 31.8 Å². The molecular formula is C16H30O3. The number of aldehydes is 1. The minimum Gasteiger partial charge on any atom is -0.475 e. The molecule has 0 aliphatic rings. The molecule has 0 aromatic heterocycles. The van der Waals surface area contributed by atoms with Crippen LogP contribution in [0.2, 0.25) is 0 Å². The van der Waals surface area contributed by atoms with E-state index in [0.717, 1.165) is 45.0 Å². The standard InChI is InChI=1S/C16H30O3/c1-2-3-14-18-16-19-15-12-10-8-6-4-5-7-9-11-13-17/h12-13,15H,2-11,14,16H2,1H3. The van der Waals surface area contributed by atoms with Gasteiger partial charge in [0.1, 0.15) is 6.29 Å². The third kappa shape index (κ3) is 17.2. The first-order valence-electron chi connectivity index (χ1n) is 7.69. The molecule has 0 saturated carbocycles. The zero-order valence-electron chi connectivity index (χ0n) is 12.4. The van der Waals surface area contributed by atoms with Gasteiger partial charge < -0.3 is 14.3 Å². The van der Waals surface area contributed by atoms with Gasteiger partial charge in [0.25, 0.3) is 0 Å². The number of rotatable bonds is 15. The van der Waals surface area contributed by atoms with Crippen molar-refractivity contribution in [1.29, 1.82) is 0 Å². The molecular weight excluding hydrogens is 240 g/mol. The molecule has 0 spiro atoms. The van der Waals surface area contributed by atoms with Crippen LogP contribution in [-0.4, -0.2) is 19.7 Å². The van der Waals surface area contributed by atoms with Crippen LogP contribution in [0.1, 0.15) is 71.1 Å². The highest BCUT2D eigenvalue weighted by Gasteiger charge is 1.90. The van der Waals surface area contributed by atoms with Gasteiger partial charge in [-0.25, -0.2) is 0 Å². The van der Waals surface area contributed by atoms with Gasteiger partial charge in [0.15, 0.2) is 6.79 Å². The van der Waals surface area contributed by atoms with Gasteiger partial charge in [0.2, 0.25) is 0 Å². The average Bonchev–Trinajstić information content (AvgIpc) is 2.43. The Morgan fingerprint density at radius 2 is 1.58 bits per heavy atom. The molecule has 0 unspecified atom stereocenters. The summed E-state index contributed by atoms with van der Waals surface area (Å²) in [5.74, 6) is 0. The number of hydrogen-bond acceptors (Lipinski definition) is 3. The summed E-state index contributed by atoms with van der Waals surface area (Å²) >= 11 is 0. The number of unbranched alkanes of at least 4 members (excludes halogenated alkanes) is 8. The Kier molecular flexibility index (Phi) is 16.4. The molecule has 0 heterocycles. The quantitative estimate of drug-likeness (QED) is 0.189. The van der Waals surface area contributed by atoms with Crippen molar-refractivity contribution in [2.75, 3.05) is 13.4 Å². The summed E-state index contributed by atoms with van der Waals surface area (Å²) in [4.78, 5) is 10.1. The Morgan fingerprint density at radius 3 is 2.26 bits per heavy atom. The highest BCUT2D eigenvalue weighted by Crippen LogP contribution is 2.08. The molecule has 0 aromatic carbocycles. The molecule has 0 bridgehead atoms. The van der Waals surface area contributed by atoms with E-state index in [4.69, 9.17) is 9.47 Å². The van der Waals surface area contributed by atoms with E-state index in [9.17, 15) is 4.79 Å². The monoisotopic (exact) mass is 270 g/mol. The first-order chi connectivity index (χ1) is 9.41. The Bertz CT molecular complexity index is 202. The van der Waals surface area contributed by atoms with Crippen LogP contribution >= 0.6 is 0 Å². The molecule has 0 fully saturated rings. The van der Waals surface area contributed by atoms with Gasteiger partial charge in [0.05, 0.1) is 12.9 Å². The molecule has 3 nitrogen and oxygen atoms in total. The van der Waals surface area contributed by atoms with Crippen molar-refractivity contribution in [3.05, 3.63) is 12.3 Å².